The fourth-order valence-electron chi connectivity index (χ4n) is 5.02. The molecular formula is C34H68O6. The molecule has 0 unspecified atom stereocenters. The van der Waals surface area contributed by atoms with E-state index in [1.807, 2.05) is 0 Å². The Labute approximate surface area is 247 Å². The molecule has 0 aliphatic heterocycles. The molecule has 4 N–H and O–H groups in total. The first-order chi connectivity index (χ1) is 19.5. The van der Waals surface area contributed by atoms with Crippen LogP contribution in [0.3, 0.4) is 0 Å². The zero-order valence-corrected chi connectivity index (χ0v) is 26.2. The van der Waals surface area contributed by atoms with Crippen LogP contribution in [0.1, 0.15) is 193 Å². The minimum atomic E-state index is -0.665. The third-order valence-corrected chi connectivity index (χ3v) is 7.60. The summed E-state index contributed by atoms with van der Waals surface area (Å²) in [7, 11) is 0. The number of unbranched alkanes of at least 4 members (excludes halogenated alkanes) is 26. The van der Waals surface area contributed by atoms with Crippen molar-refractivity contribution in [1.29, 1.82) is 0 Å². The van der Waals surface area contributed by atoms with Crippen LogP contribution in [0.4, 0.5) is 0 Å². The Morgan fingerprint density at radius 2 is 0.425 bits per heavy atom. The van der Waals surface area contributed by atoms with E-state index >= 15 is 0 Å². The summed E-state index contributed by atoms with van der Waals surface area (Å²) in [6.45, 7) is 0.687. The second kappa shape index (κ2) is 37.9. The Balaban J connectivity index is 0. The molecule has 0 rings (SSSR count). The summed E-state index contributed by atoms with van der Waals surface area (Å²) in [4.78, 5) is 20.6. The zero-order valence-electron chi connectivity index (χ0n) is 26.2. The molecule has 0 atom stereocenters. The number of aliphatic hydroxyl groups is 2. The van der Waals surface area contributed by atoms with Crippen LogP contribution in [0.25, 0.3) is 0 Å². The number of aliphatic carboxylic acids is 2. The molecule has 0 spiro atoms. The Bertz CT molecular complexity index is 453. The largest absolute Gasteiger partial charge is 0.481 e. The van der Waals surface area contributed by atoms with E-state index in [0.717, 1.165) is 38.5 Å². The molecular weight excluding hydrogens is 504 g/mol. The fraction of sp³-hybridized carbons (Fsp3) is 0.941. The summed E-state index contributed by atoms with van der Waals surface area (Å²) in [5.74, 6) is -1.33. The number of hydrogen-bond donors (Lipinski definition) is 4. The molecule has 0 fully saturated rings. The molecule has 0 saturated carbocycles. The van der Waals surface area contributed by atoms with Gasteiger partial charge in [0.15, 0.2) is 0 Å². The van der Waals surface area contributed by atoms with Gasteiger partial charge in [0.05, 0.1) is 0 Å². The highest BCUT2D eigenvalue weighted by molar-refractivity contribution is 5.66. The van der Waals surface area contributed by atoms with E-state index in [1.165, 1.54) is 141 Å². The van der Waals surface area contributed by atoms with Crippen molar-refractivity contribution in [2.45, 2.75) is 193 Å². The van der Waals surface area contributed by atoms with Crippen molar-refractivity contribution in [2.24, 2.45) is 0 Å². The lowest BCUT2D eigenvalue weighted by Crippen LogP contribution is -1.93. The predicted molar refractivity (Wildman–Crippen MR) is 168 cm³/mol. The van der Waals surface area contributed by atoms with Crippen LogP contribution in [0.2, 0.25) is 0 Å². The second-order valence-corrected chi connectivity index (χ2v) is 11.6. The van der Waals surface area contributed by atoms with Gasteiger partial charge in [0.2, 0.25) is 0 Å². The molecule has 0 aromatic heterocycles. The van der Waals surface area contributed by atoms with Crippen LogP contribution in [0, 0.1) is 0 Å². The number of carboxylic acids is 2. The molecule has 0 saturated heterocycles. The van der Waals surface area contributed by atoms with E-state index in [0.29, 0.717) is 26.1 Å². The zero-order chi connectivity index (χ0) is 29.8. The minimum Gasteiger partial charge on any atom is -0.481 e. The van der Waals surface area contributed by atoms with Gasteiger partial charge in [0, 0.05) is 26.1 Å². The van der Waals surface area contributed by atoms with Gasteiger partial charge >= 0.3 is 11.9 Å². The lowest BCUT2D eigenvalue weighted by atomic mass is 10.0. The monoisotopic (exact) mass is 573 g/mol. The lowest BCUT2D eigenvalue weighted by Gasteiger charge is -2.03. The summed E-state index contributed by atoms with van der Waals surface area (Å²) in [6.07, 6.45) is 35.0. The maximum absolute atomic E-state index is 10.3. The Morgan fingerprint density at radius 3 is 0.575 bits per heavy atom. The first-order valence-electron chi connectivity index (χ1n) is 17.2. The van der Waals surface area contributed by atoms with E-state index in [-0.39, 0.29) is 0 Å². The number of carbonyl (C=O) groups is 2. The van der Waals surface area contributed by atoms with Crippen LogP contribution in [0.15, 0.2) is 0 Å². The first-order valence-corrected chi connectivity index (χ1v) is 17.2. The van der Waals surface area contributed by atoms with Gasteiger partial charge in [0.25, 0.3) is 0 Å². The van der Waals surface area contributed by atoms with Crippen LogP contribution in [-0.2, 0) is 9.59 Å². The van der Waals surface area contributed by atoms with Gasteiger partial charge in [-0.15, -0.1) is 0 Å². The Hall–Kier alpha value is -1.14. The van der Waals surface area contributed by atoms with Gasteiger partial charge in [0.1, 0.15) is 0 Å². The highest BCUT2D eigenvalue weighted by Gasteiger charge is 1.98. The first kappa shape index (κ1) is 41.0. The van der Waals surface area contributed by atoms with Crippen LogP contribution in [0.5, 0.6) is 0 Å². The number of carboxylic acid groups (broad SMARTS) is 2. The van der Waals surface area contributed by atoms with Crippen LogP contribution >= 0.6 is 0 Å². The van der Waals surface area contributed by atoms with Crippen molar-refractivity contribution in [3.63, 3.8) is 0 Å². The molecule has 40 heavy (non-hydrogen) atoms. The smallest absolute Gasteiger partial charge is 0.303 e. The average molecular weight is 573 g/mol. The Kier molecular flexibility index (Phi) is 38.8. The third-order valence-electron chi connectivity index (χ3n) is 7.60. The van der Waals surface area contributed by atoms with Crippen molar-refractivity contribution in [1.82, 2.24) is 0 Å². The summed E-state index contributed by atoms with van der Waals surface area (Å²) < 4.78 is 0. The standard InChI is InChI=1S/2C17H34O3/c2*18-16-14-12-10-8-6-4-2-1-3-5-7-9-11-13-15-17(19)20/h2*18H,1-16H2,(H,19,20). The molecule has 0 bridgehead atoms. The molecule has 0 amide bonds. The number of rotatable bonds is 32. The number of hydrogen-bond acceptors (Lipinski definition) is 4. The molecule has 0 radical (unpaired) electrons. The van der Waals surface area contributed by atoms with Crippen LogP contribution in [-0.4, -0.2) is 45.6 Å². The van der Waals surface area contributed by atoms with E-state index in [9.17, 15) is 9.59 Å². The van der Waals surface area contributed by atoms with Crippen LogP contribution < -0.4 is 0 Å². The van der Waals surface area contributed by atoms with Gasteiger partial charge in [-0.1, -0.05) is 154 Å². The molecule has 6 nitrogen and oxygen atoms in total. The van der Waals surface area contributed by atoms with Crippen molar-refractivity contribution < 1.29 is 30.0 Å². The van der Waals surface area contributed by atoms with E-state index in [4.69, 9.17) is 20.4 Å². The van der Waals surface area contributed by atoms with Gasteiger partial charge in [-0.3, -0.25) is 9.59 Å². The second-order valence-electron chi connectivity index (χ2n) is 11.6. The molecule has 240 valence electrons. The van der Waals surface area contributed by atoms with E-state index < -0.39 is 11.9 Å². The molecule has 0 aliphatic carbocycles. The topological polar surface area (TPSA) is 115 Å². The number of aliphatic hydroxyl groups excluding tert-OH is 2. The highest BCUT2D eigenvalue weighted by Crippen LogP contribution is 2.14. The van der Waals surface area contributed by atoms with Crippen molar-refractivity contribution in [2.75, 3.05) is 13.2 Å². The molecule has 0 aromatic rings. The van der Waals surface area contributed by atoms with Crippen molar-refractivity contribution >= 4 is 11.9 Å². The predicted octanol–water partition coefficient (Wildman–Crippen LogP) is 9.83. The normalized spacial score (nSPS) is 10.8. The van der Waals surface area contributed by atoms with Crippen molar-refractivity contribution in [3.05, 3.63) is 0 Å². The maximum Gasteiger partial charge on any atom is 0.303 e. The van der Waals surface area contributed by atoms with Gasteiger partial charge in [-0.25, -0.2) is 0 Å². The minimum absolute atomic E-state index is 0.332. The molecule has 0 aromatic carbocycles. The third kappa shape index (κ3) is 43.9. The lowest BCUT2D eigenvalue weighted by molar-refractivity contribution is -0.138. The molecule has 0 aliphatic rings. The summed E-state index contributed by atoms with van der Waals surface area (Å²) in [5.41, 5.74) is 0. The fourth-order valence-corrected chi connectivity index (χ4v) is 5.02. The van der Waals surface area contributed by atoms with Gasteiger partial charge in [-0.2, -0.15) is 0 Å². The summed E-state index contributed by atoms with van der Waals surface area (Å²) in [5, 5.41) is 34.3. The summed E-state index contributed by atoms with van der Waals surface area (Å²) in [6, 6.07) is 0. The summed E-state index contributed by atoms with van der Waals surface area (Å²) >= 11 is 0. The van der Waals surface area contributed by atoms with Crippen molar-refractivity contribution in [3.8, 4) is 0 Å². The van der Waals surface area contributed by atoms with Gasteiger partial charge < -0.3 is 20.4 Å². The highest BCUT2D eigenvalue weighted by atomic mass is 16.4. The van der Waals surface area contributed by atoms with E-state index in [1.54, 1.807) is 0 Å². The quantitative estimate of drug-likeness (QED) is 0.0596. The van der Waals surface area contributed by atoms with Gasteiger partial charge in [-0.05, 0) is 25.7 Å². The average Bonchev–Trinajstić information content (AvgIpc) is 2.93. The Morgan fingerprint density at radius 1 is 0.275 bits per heavy atom. The maximum atomic E-state index is 10.3. The SMILES string of the molecule is O=C(O)CCCCCCCCCCCCCCCCO.O=C(O)CCCCCCCCCCCCCCCCO. The molecule has 0 heterocycles. The molecule has 6 heteroatoms. The van der Waals surface area contributed by atoms with E-state index in [2.05, 4.69) is 0 Å².